The van der Waals surface area contributed by atoms with Crippen LogP contribution >= 0.6 is 11.3 Å². The summed E-state index contributed by atoms with van der Waals surface area (Å²) in [6, 6.07) is 6.20. The zero-order valence-electron chi connectivity index (χ0n) is 13.3. The van der Waals surface area contributed by atoms with Gasteiger partial charge >= 0.3 is 0 Å². The standard InChI is InChI=1S/C17H19FN2O2S/c1-10-4-5-13(9-15(10)18)16(21)19-6-7-20-17(22)14-8-11(2)23-12(14)3/h4-5,8-9H,6-7H2,1-3H3,(H,19,21)(H,20,22). The van der Waals surface area contributed by atoms with Crippen molar-refractivity contribution in [3.05, 3.63) is 56.5 Å². The molecule has 23 heavy (non-hydrogen) atoms. The molecule has 0 saturated heterocycles. The summed E-state index contributed by atoms with van der Waals surface area (Å²) in [6.07, 6.45) is 0. The van der Waals surface area contributed by atoms with Gasteiger partial charge in [0, 0.05) is 28.4 Å². The van der Waals surface area contributed by atoms with Crippen molar-refractivity contribution >= 4 is 23.2 Å². The first-order chi connectivity index (χ1) is 10.9. The molecule has 0 atom stereocenters. The van der Waals surface area contributed by atoms with Crippen LogP contribution in [0.25, 0.3) is 0 Å². The number of nitrogens with one attached hydrogen (secondary N) is 2. The highest BCUT2D eigenvalue weighted by Crippen LogP contribution is 2.20. The molecule has 0 spiro atoms. The van der Waals surface area contributed by atoms with Crippen LogP contribution in [0.2, 0.25) is 0 Å². The Balaban J connectivity index is 1.81. The summed E-state index contributed by atoms with van der Waals surface area (Å²) in [7, 11) is 0. The predicted octanol–water partition coefficient (Wildman–Crippen LogP) is 2.97. The summed E-state index contributed by atoms with van der Waals surface area (Å²) >= 11 is 1.58. The molecule has 6 heteroatoms. The van der Waals surface area contributed by atoms with Gasteiger partial charge in [-0.05, 0) is 44.5 Å². The van der Waals surface area contributed by atoms with Crippen LogP contribution in [0.3, 0.4) is 0 Å². The van der Waals surface area contributed by atoms with Gasteiger partial charge in [0.2, 0.25) is 0 Å². The van der Waals surface area contributed by atoms with Crippen molar-refractivity contribution in [3.8, 4) is 0 Å². The van der Waals surface area contributed by atoms with Gasteiger partial charge in [0.15, 0.2) is 0 Å². The number of thiophene rings is 1. The van der Waals surface area contributed by atoms with Gasteiger partial charge in [-0.2, -0.15) is 0 Å². The van der Waals surface area contributed by atoms with Gasteiger partial charge in [0.05, 0.1) is 5.56 Å². The molecule has 122 valence electrons. The lowest BCUT2D eigenvalue weighted by atomic mass is 10.1. The average Bonchev–Trinajstić information content (AvgIpc) is 2.84. The first-order valence-electron chi connectivity index (χ1n) is 7.28. The molecule has 0 aliphatic carbocycles. The predicted molar refractivity (Wildman–Crippen MR) is 89.6 cm³/mol. The number of rotatable bonds is 5. The molecule has 1 aromatic carbocycles. The van der Waals surface area contributed by atoms with Crippen LogP contribution in [0, 0.1) is 26.6 Å². The van der Waals surface area contributed by atoms with Gasteiger partial charge in [-0.1, -0.05) is 6.07 Å². The second-order valence-corrected chi connectivity index (χ2v) is 6.76. The number of benzene rings is 1. The molecule has 0 aliphatic heterocycles. The van der Waals surface area contributed by atoms with Crippen LogP contribution < -0.4 is 10.6 Å². The minimum Gasteiger partial charge on any atom is -0.350 e. The zero-order valence-corrected chi connectivity index (χ0v) is 14.1. The highest BCUT2D eigenvalue weighted by molar-refractivity contribution is 7.12. The van der Waals surface area contributed by atoms with E-state index in [0.717, 1.165) is 9.75 Å². The van der Waals surface area contributed by atoms with Crippen LogP contribution in [0.1, 0.15) is 36.0 Å². The molecule has 1 aromatic heterocycles. The van der Waals surface area contributed by atoms with Crippen LogP contribution in [-0.2, 0) is 0 Å². The Morgan fingerprint density at radius 1 is 1.04 bits per heavy atom. The number of hydrogen-bond donors (Lipinski definition) is 2. The molecule has 2 aromatic rings. The minimum atomic E-state index is -0.408. The van der Waals surface area contributed by atoms with Crippen molar-refractivity contribution in [2.75, 3.05) is 13.1 Å². The molecule has 0 radical (unpaired) electrons. The highest BCUT2D eigenvalue weighted by atomic mass is 32.1. The van der Waals surface area contributed by atoms with Crippen molar-refractivity contribution in [3.63, 3.8) is 0 Å². The second kappa shape index (κ2) is 7.37. The van der Waals surface area contributed by atoms with Crippen LogP contribution in [-0.4, -0.2) is 24.9 Å². The first-order valence-corrected chi connectivity index (χ1v) is 8.09. The summed E-state index contributed by atoms with van der Waals surface area (Å²) in [5.41, 5.74) is 1.43. The van der Waals surface area contributed by atoms with E-state index in [1.165, 1.54) is 6.07 Å². The van der Waals surface area contributed by atoms with Crippen LogP contribution in [0.4, 0.5) is 4.39 Å². The summed E-state index contributed by atoms with van der Waals surface area (Å²) in [4.78, 5) is 26.0. The minimum absolute atomic E-state index is 0.150. The molecular weight excluding hydrogens is 315 g/mol. The number of hydrogen-bond acceptors (Lipinski definition) is 3. The topological polar surface area (TPSA) is 58.2 Å². The molecule has 0 unspecified atom stereocenters. The molecule has 2 N–H and O–H groups in total. The highest BCUT2D eigenvalue weighted by Gasteiger charge is 2.12. The maximum absolute atomic E-state index is 13.4. The lowest BCUT2D eigenvalue weighted by Gasteiger charge is -2.07. The van der Waals surface area contributed by atoms with Gasteiger partial charge in [-0.3, -0.25) is 9.59 Å². The van der Waals surface area contributed by atoms with E-state index >= 15 is 0 Å². The third-order valence-electron chi connectivity index (χ3n) is 3.42. The molecule has 2 rings (SSSR count). The first kappa shape index (κ1) is 17.1. The van der Waals surface area contributed by atoms with E-state index in [0.29, 0.717) is 17.7 Å². The molecule has 0 aliphatic rings. The summed E-state index contributed by atoms with van der Waals surface area (Å²) in [6.45, 7) is 6.09. The number of amides is 2. The Hall–Kier alpha value is -2.21. The summed E-state index contributed by atoms with van der Waals surface area (Å²) in [5, 5.41) is 5.41. The molecule has 1 heterocycles. The number of carbonyl (C=O) groups excluding carboxylic acids is 2. The molecule has 0 fully saturated rings. The van der Waals surface area contributed by atoms with Crippen molar-refractivity contribution < 1.29 is 14.0 Å². The Labute approximate surface area is 138 Å². The smallest absolute Gasteiger partial charge is 0.252 e. The number of carbonyl (C=O) groups is 2. The Bertz CT molecular complexity index is 740. The summed E-state index contributed by atoms with van der Waals surface area (Å²) < 4.78 is 13.4. The Morgan fingerprint density at radius 2 is 1.70 bits per heavy atom. The maximum atomic E-state index is 13.4. The fourth-order valence-corrected chi connectivity index (χ4v) is 3.06. The van der Waals surface area contributed by atoms with E-state index in [2.05, 4.69) is 10.6 Å². The van der Waals surface area contributed by atoms with E-state index in [4.69, 9.17) is 0 Å². The lowest BCUT2D eigenvalue weighted by Crippen LogP contribution is -2.34. The van der Waals surface area contributed by atoms with Crippen molar-refractivity contribution in [1.29, 1.82) is 0 Å². The van der Waals surface area contributed by atoms with Crippen molar-refractivity contribution in [2.45, 2.75) is 20.8 Å². The SMILES string of the molecule is Cc1cc(C(=O)NCCNC(=O)c2ccc(C)c(F)c2)c(C)s1. The molecule has 0 bridgehead atoms. The van der Waals surface area contributed by atoms with Crippen molar-refractivity contribution in [2.24, 2.45) is 0 Å². The second-order valence-electron chi connectivity index (χ2n) is 5.30. The van der Waals surface area contributed by atoms with E-state index in [1.54, 1.807) is 30.4 Å². The van der Waals surface area contributed by atoms with E-state index < -0.39 is 5.82 Å². The summed E-state index contributed by atoms with van der Waals surface area (Å²) in [5.74, 6) is -0.919. The Kier molecular flexibility index (Phi) is 5.50. The monoisotopic (exact) mass is 334 g/mol. The lowest BCUT2D eigenvalue weighted by molar-refractivity contribution is 0.0927. The quantitative estimate of drug-likeness (QED) is 0.826. The third kappa shape index (κ3) is 4.39. The van der Waals surface area contributed by atoms with E-state index in [-0.39, 0.29) is 23.9 Å². The molecule has 2 amide bonds. The fraction of sp³-hybridized carbons (Fsp3) is 0.294. The van der Waals surface area contributed by atoms with Gasteiger partial charge in [0.25, 0.3) is 11.8 Å². The third-order valence-corrected chi connectivity index (χ3v) is 4.38. The van der Waals surface area contributed by atoms with Gasteiger partial charge < -0.3 is 10.6 Å². The van der Waals surface area contributed by atoms with E-state index in [9.17, 15) is 14.0 Å². The van der Waals surface area contributed by atoms with Crippen molar-refractivity contribution in [1.82, 2.24) is 10.6 Å². The van der Waals surface area contributed by atoms with Gasteiger partial charge in [-0.25, -0.2) is 4.39 Å². The van der Waals surface area contributed by atoms with Crippen LogP contribution in [0.15, 0.2) is 24.3 Å². The molecular formula is C17H19FN2O2S. The largest absolute Gasteiger partial charge is 0.350 e. The Morgan fingerprint density at radius 3 is 2.26 bits per heavy atom. The van der Waals surface area contributed by atoms with Gasteiger partial charge in [-0.15, -0.1) is 11.3 Å². The molecule has 4 nitrogen and oxygen atoms in total. The maximum Gasteiger partial charge on any atom is 0.252 e. The molecule has 0 saturated carbocycles. The van der Waals surface area contributed by atoms with E-state index in [1.807, 2.05) is 19.9 Å². The van der Waals surface area contributed by atoms with Crippen LogP contribution in [0.5, 0.6) is 0 Å². The normalized spacial score (nSPS) is 10.4. The average molecular weight is 334 g/mol. The van der Waals surface area contributed by atoms with Gasteiger partial charge in [0.1, 0.15) is 5.82 Å². The zero-order chi connectivity index (χ0) is 17.0. The number of aryl methyl sites for hydroxylation is 3. The number of halogens is 1. The fourth-order valence-electron chi connectivity index (χ4n) is 2.14.